The molecule has 0 saturated carbocycles. The minimum Gasteiger partial charge on any atom is -0.497 e. The van der Waals surface area contributed by atoms with Gasteiger partial charge in [-0.15, -0.1) is 11.3 Å². The topological polar surface area (TPSA) is 109 Å². The summed E-state index contributed by atoms with van der Waals surface area (Å²) in [5, 5.41) is 13.6. The van der Waals surface area contributed by atoms with E-state index >= 15 is 0 Å². The van der Waals surface area contributed by atoms with Crippen molar-refractivity contribution in [2.45, 2.75) is 6.42 Å². The number of rotatable bonds is 7. The second kappa shape index (κ2) is 10.2. The number of nitrogens with zero attached hydrogens (tertiary/aromatic N) is 2. The number of carbonyl (C=O) groups is 2. The molecule has 0 spiro atoms. The zero-order valence-corrected chi connectivity index (χ0v) is 20.0. The zero-order chi connectivity index (χ0) is 24.2. The van der Waals surface area contributed by atoms with E-state index in [4.69, 9.17) is 9.47 Å². The van der Waals surface area contributed by atoms with E-state index in [9.17, 15) is 9.59 Å². The van der Waals surface area contributed by atoms with Gasteiger partial charge in [0.1, 0.15) is 10.6 Å². The van der Waals surface area contributed by atoms with Crippen molar-refractivity contribution in [3.05, 3.63) is 65.0 Å². The fourth-order valence-electron chi connectivity index (χ4n) is 3.90. The van der Waals surface area contributed by atoms with E-state index in [2.05, 4.69) is 25.7 Å². The number of aromatic amines is 1. The summed E-state index contributed by atoms with van der Waals surface area (Å²) in [6.07, 6.45) is 0.205. The van der Waals surface area contributed by atoms with E-state index in [1.54, 1.807) is 13.2 Å². The highest BCUT2D eigenvalue weighted by Crippen LogP contribution is 2.30. The number of carbonyl (C=O) groups excluding carboxylic acids is 2. The molecule has 3 N–H and O–H groups in total. The summed E-state index contributed by atoms with van der Waals surface area (Å²) >= 11 is 1.29. The molecule has 1 fully saturated rings. The number of fused-ring (bicyclic) bond motifs is 1. The highest BCUT2D eigenvalue weighted by molar-refractivity contribution is 7.20. The third kappa shape index (κ3) is 5.28. The highest BCUT2D eigenvalue weighted by atomic mass is 32.1. The van der Waals surface area contributed by atoms with Crippen LogP contribution in [-0.4, -0.2) is 55.4 Å². The van der Waals surface area contributed by atoms with E-state index < -0.39 is 0 Å². The second-order valence-electron chi connectivity index (χ2n) is 8.10. The Morgan fingerprint density at radius 2 is 1.83 bits per heavy atom. The number of amides is 2. The van der Waals surface area contributed by atoms with Gasteiger partial charge in [-0.2, -0.15) is 5.10 Å². The first-order valence-corrected chi connectivity index (χ1v) is 12.1. The first-order chi connectivity index (χ1) is 17.1. The van der Waals surface area contributed by atoms with Gasteiger partial charge in [0.25, 0.3) is 5.91 Å². The van der Waals surface area contributed by atoms with E-state index in [1.165, 1.54) is 11.3 Å². The van der Waals surface area contributed by atoms with Crippen LogP contribution >= 0.6 is 11.3 Å². The second-order valence-corrected chi connectivity index (χ2v) is 9.15. The molecule has 35 heavy (non-hydrogen) atoms. The predicted molar refractivity (Wildman–Crippen MR) is 137 cm³/mol. The Kier molecular flexibility index (Phi) is 6.64. The minimum atomic E-state index is -0.214. The van der Waals surface area contributed by atoms with E-state index in [0.717, 1.165) is 53.8 Å². The van der Waals surface area contributed by atoms with Crippen LogP contribution in [0.4, 0.5) is 17.2 Å². The molecule has 1 saturated heterocycles. The lowest BCUT2D eigenvalue weighted by molar-refractivity contribution is -0.115. The molecule has 10 heteroatoms. The normalized spacial score (nSPS) is 13.6. The van der Waals surface area contributed by atoms with Crippen molar-refractivity contribution in [2.24, 2.45) is 0 Å². The van der Waals surface area contributed by atoms with Gasteiger partial charge >= 0.3 is 0 Å². The largest absolute Gasteiger partial charge is 0.497 e. The van der Waals surface area contributed by atoms with Gasteiger partial charge in [0.2, 0.25) is 5.91 Å². The van der Waals surface area contributed by atoms with Gasteiger partial charge < -0.3 is 25.0 Å². The van der Waals surface area contributed by atoms with Gasteiger partial charge in [-0.05, 0) is 48.0 Å². The van der Waals surface area contributed by atoms with Crippen LogP contribution < -0.4 is 20.3 Å². The molecule has 0 atom stereocenters. The number of morpholine rings is 1. The van der Waals surface area contributed by atoms with Crippen LogP contribution in [0.1, 0.15) is 15.2 Å². The van der Waals surface area contributed by atoms with Gasteiger partial charge in [0, 0.05) is 24.5 Å². The van der Waals surface area contributed by atoms with Gasteiger partial charge in [0.15, 0.2) is 5.82 Å². The number of thiophene rings is 1. The number of aromatic nitrogens is 2. The molecule has 2 amide bonds. The predicted octanol–water partition coefficient (Wildman–Crippen LogP) is 3.90. The molecule has 0 unspecified atom stereocenters. The van der Waals surface area contributed by atoms with Crippen molar-refractivity contribution in [1.82, 2.24) is 10.2 Å². The number of H-pyrrole nitrogens is 1. The number of benzene rings is 2. The molecular formula is C25H25N5O4S. The lowest BCUT2D eigenvalue weighted by atomic mass is 10.1. The maximum Gasteiger partial charge on any atom is 0.265 e. The van der Waals surface area contributed by atoms with Crippen molar-refractivity contribution in [3.8, 4) is 5.75 Å². The fraction of sp³-hybridized carbons (Fsp3) is 0.240. The van der Waals surface area contributed by atoms with Crippen molar-refractivity contribution in [3.63, 3.8) is 0 Å². The Labute approximate surface area is 206 Å². The van der Waals surface area contributed by atoms with E-state index in [0.29, 0.717) is 16.1 Å². The highest BCUT2D eigenvalue weighted by Gasteiger charge is 2.17. The number of hydrogen-bond acceptors (Lipinski definition) is 7. The SMILES string of the molecule is COc1ccc(CC(=O)Nc2n[nH]c3sc(C(=O)Nc4ccc(N5CCOCC5)cc4)cc23)cc1. The van der Waals surface area contributed by atoms with Crippen LogP contribution in [0.15, 0.2) is 54.6 Å². The zero-order valence-electron chi connectivity index (χ0n) is 19.2. The Hall–Kier alpha value is -3.89. The molecule has 0 bridgehead atoms. The summed E-state index contributed by atoms with van der Waals surface area (Å²) in [7, 11) is 1.60. The molecule has 1 aliphatic heterocycles. The van der Waals surface area contributed by atoms with Crippen LogP contribution in [0.3, 0.4) is 0 Å². The smallest absolute Gasteiger partial charge is 0.265 e. The molecule has 3 heterocycles. The van der Waals surface area contributed by atoms with Crippen LogP contribution in [0.25, 0.3) is 10.2 Å². The average Bonchev–Trinajstić information content (AvgIpc) is 3.48. The molecular weight excluding hydrogens is 466 g/mol. The lowest BCUT2D eigenvalue weighted by Crippen LogP contribution is -2.36. The quantitative estimate of drug-likeness (QED) is 0.362. The molecule has 2 aromatic heterocycles. The molecule has 2 aromatic carbocycles. The Bertz CT molecular complexity index is 1320. The molecule has 0 aliphatic carbocycles. The summed E-state index contributed by atoms with van der Waals surface area (Å²) in [6, 6.07) is 16.9. The van der Waals surface area contributed by atoms with E-state index in [1.807, 2.05) is 48.5 Å². The summed E-state index contributed by atoms with van der Waals surface area (Å²) in [5.74, 6) is 0.735. The number of ether oxygens (including phenoxy) is 2. The van der Waals surface area contributed by atoms with Gasteiger partial charge in [0.05, 0.1) is 37.0 Å². The van der Waals surface area contributed by atoms with Crippen molar-refractivity contribution >= 4 is 50.6 Å². The summed E-state index contributed by atoms with van der Waals surface area (Å²) < 4.78 is 10.5. The maximum atomic E-state index is 12.8. The molecule has 4 aromatic rings. The van der Waals surface area contributed by atoms with Crippen molar-refractivity contribution in [1.29, 1.82) is 0 Å². The Morgan fingerprint density at radius 3 is 2.54 bits per heavy atom. The third-order valence-electron chi connectivity index (χ3n) is 5.76. The molecule has 9 nitrogen and oxygen atoms in total. The fourth-order valence-corrected chi connectivity index (χ4v) is 4.80. The first kappa shape index (κ1) is 22.9. The first-order valence-electron chi connectivity index (χ1n) is 11.2. The molecule has 1 aliphatic rings. The van der Waals surface area contributed by atoms with Crippen LogP contribution in [0.2, 0.25) is 0 Å². The van der Waals surface area contributed by atoms with Crippen LogP contribution in [0.5, 0.6) is 5.75 Å². The summed E-state index contributed by atoms with van der Waals surface area (Å²) in [4.78, 5) is 28.9. The van der Waals surface area contributed by atoms with Gasteiger partial charge in [-0.25, -0.2) is 0 Å². The van der Waals surface area contributed by atoms with Crippen LogP contribution in [-0.2, 0) is 16.0 Å². The molecule has 5 rings (SSSR count). The number of anilines is 3. The monoisotopic (exact) mass is 491 g/mol. The Balaban J connectivity index is 1.22. The van der Waals surface area contributed by atoms with E-state index in [-0.39, 0.29) is 18.2 Å². The van der Waals surface area contributed by atoms with Crippen LogP contribution in [0, 0.1) is 0 Å². The van der Waals surface area contributed by atoms with Gasteiger partial charge in [-0.1, -0.05) is 12.1 Å². The average molecular weight is 492 g/mol. The minimum absolute atomic E-state index is 0.193. The number of methoxy groups -OCH3 is 1. The lowest BCUT2D eigenvalue weighted by Gasteiger charge is -2.28. The maximum absolute atomic E-state index is 12.8. The molecule has 180 valence electrons. The van der Waals surface area contributed by atoms with Crippen molar-refractivity contribution < 1.29 is 19.1 Å². The third-order valence-corrected chi connectivity index (χ3v) is 6.80. The summed E-state index contributed by atoms with van der Waals surface area (Å²) in [6.45, 7) is 3.17. The number of hydrogen-bond donors (Lipinski definition) is 3. The van der Waals surface area contributed by atoms with Crippen molar-refractivity contribution in [2.75, 3.05) is 48.9 Å². The molecule has 0 radical (unpaired) electrons. The Morgan fingerprint density at radius 1 is 1.09 bits per heavy atom. The number of nitrogens with one attached hydrogen (secondary N) is 3. The van der Waals surface area contributed by atoms with Gasteiger partial charge in [-0.3, -0.25) is 14.7 Å². The summed E-state index contributed by atoms with van der Waals surface area (Å²) in [5.41, 5.74) is 2.69. The standard InChI is InChI=1S/C25H25N5O4S/c1-33-19-8-2-16(3-9-19)14-22(31)27-23-20-15-21(35-25(20)29-28-23)24(32)26-17-4-6-18(7-5-17)30-10-12-34-13-11-30/h2-9,15H,10-14H2,1H3,(H,26,32)(H2,27,28,29,31).